The van der Waals surface area contributed by atoms with Crippen LogP contribution in [0.15, 0.2) is 42.5 Å². The fourth-order valence-electron chi connectivity index (χ4n) is 2.44. The number of hydrogen-bond acceptors (Lipinski definition) is 2. The number of aromatic nitrogens is 1. The molecule has 0 radical (unpaired) electrons. The van der Waals surface area contributed by atoms with E-state index in [-0.39, 0.29) is 0 Å². The van der Waals surface area contributed by atoms with E-state index in [0.29, 0.717) is 0 Å². The van der Waals surface area contributed by atoms with Crippen molar-refractivity contribution in [1.29, 1.82) is 0 Å². The van der Waals surface area contributed by atoms with Gasteiger partial charge in [0.05, 0.1) is 19.7 Å². The molecule has 3 nitrogen and oxygen atoms in total. The van der Waals surface area contributed by atoms with E-state index in [9.17, 15) is 0 Å². The van der Waals surface area contributed by atoms with Crippen molar-refractivity contribution in [3.05, 3.63) is 58.7 Å². The third kappa shape index (κ3) is 2.83. The topological polar surface area (TPSA) is 34.2 Å². The van der Waals surface area contributed by atoms with Gasteiger partial charge in [-0.3, -0.25) is 0 Å². The molecule has 108 valence electrons. The first kappa shape index (κ1) is 13.8. The van der Waals surface area contributed by atoms with Gasteiger partial charge in [-0.25, -0.2) is 0 Å². The zero-order chi connectivity index (χ0) is 14.8. The van der Waals surface area contributed by atoms with Gasteiger partial charge in [0.15, 0.2) is 0 Å². The quantitative estimate of drug-likeness (QED) is 0.773. The number of aromatic amines is 1. The Morgan fingerprint density at radius 1 is 1.00 bits per heavy atom. The van der Waals surface area contributed by atoms with Gasteiger partial charge in [0.1, 0.15) is 11.5 Å². The molecule has 4 heteroatoms. The SMILES string of the molecule is COc1cc(OC)c2[nH]c(Cc3ccc(Cl)cc3)cc2c1. The van der Waals surface area contributed by atoms with Crippen molar-refractivity contribution in [2.24, 2.45) is 0 Å². The Kier molecular flexibility index (Phi) is 3.76. The van der Waals surface area contributed by atoms with Crippen molar-refractivity contribution in [2.45, 2.75) is 6.42 Å². The Balaban J connectivity index is 1.98. The molecule has 0 saturated carbocycles. The highest BCUT2D eigenvalue weighted by molar-refractivity contribution is 6.30. The van der Waals surface area contributed by atoms with E-state index >= 15 is 0 Å². The molecule has 0 fully saturated rings. The monoisotopic (exact) mass is 301 g/mol. The largest absolute Gasteiger partial charge is 0.497 e. The fraction of sp³-hybridized carbons (Fsp3) is 0.176. The molecule has 1 N–H and O–H groups in total. The van der Waals surface area contributed by atoms with Crippen LogP contribution in [0.4, 0.5) is 0 Å². The van der Waals surface area contributed by atoms with E-state index in [1.807, 2.05) is 36.4 Å². The highest BCUT2D eigenvalue weighted by Gasteiger charge is 2.09. The molecule has 3 aromatic rings. The number of H-pyrrole nitrogens is 1. The number of hydrogen-bond donors (Lipinski definition) is 1. The molecular formula is C17H16ClNO2. The fourth-order valence-corrected chi connectivity index (χ4v) is 2.56. The molecule has 0 spiro atoms. The summed E-state index contributed by atoms with van der Waals surface area (Å²) in [6.45, 7) is 0. The van der Waals surface area contributed by atoms with Crippen molar-refractivity contribution in [2.75, 3.05) is 14.2 Å². The van der Waals surface area contributed by atoms with Gasteiger partial charge in [0, 0.05) is 28.6 Å². The zero-order valence-electron chi connectivity index (χ0n) is 11.9. The van der Waals surface area contributed by atoms with Gasteiger partial charge >= 0.3 is 0 Å². The Bertz CT molecular complexity index is 762. The Morgan fingerprint density at radius 2 is 1.76 bits per heavy atom. The number of nitrogens with one attached hydrogen (secondary N) is 1. The van der Waals surface area contributed by atoms with Gasteiger partial charge in [0.25, 0.3) is 0 Å². The highest BCUT2D eigenvalue weighted by Crippen LogP contribution is 2.31. The maximum atomic E-state index is 5.91. The summed E-state index contributed by atoms with van der Waals surface area (Å²) in [6.07, 6.45) is 0.817. The van der Waals surface area contributed by atoms with Crippen LogP contribution in [0.25, 0.3) is 10.9 Å². The second-order valence-electron chi connectivity index (χ2n) is 4.89. The van der Waals surface area contributed by atoms with Crippen LogP contribution in [0, 0.1) is 0 Å². The van der Waals surface area contributed by atoms with Crippen molar-refractivity contribution in [1.82, 2.24) is 4.98 Å². The second-order valence-corrected chi connectivity index (χ2v) is 5.33. The van der Waals surface area contributed by atoms with Crippen molar-refractivity contribution in [3.63, 3.8) is 0 Å². The van der Waals surface area contributed by atoms with Crippen LogP contribution >= 0.6 is 11.6 Å². The first-order chi connectivity index (χ1) is 10.2. The summed E-state index contributed by atoms with van der Waals surface area (Å²) >= 11 is 5.91. The third-order valence-corrected chi connectivity index (χ3v) is 3.74. The van der Waals surface area contributed by atoms with Crippen molar-refractivity contribution < 1.29 is 9.47 Å². The van der Waals surface area contributed by atoms with Crippen LogP contribution in [0.2, 0.25) is 5.02 Å². The van der Waals surface area contributed by atoms with Crippen molar-refractivity contribution >= 4 is 22.5 Å². The van der Waals surface area contributed by atoms with Gasteiger partial charge in [-0.15, -0.1) is 0 Å². The molecular weight excluding hydrogens is 286 g/mol. The molecule has 0 aliphatic rings. The maximum Gasteiger partial charge on any atom is 0.146 e. The van der Waals surface area contributed by atoms with Crippen LogP contribution in [0.1, 0.15) is 11.3 Å². The lowest BCUT2D eigenvalue weighted by Crippen LogP contribution is -1.89. The van der Waals surface area contributed by atoms with E-state index < -0.39 is 0 Å². The molecule has 21 heavy (non-hydrogen) atoms. The highest BCUT2D eigenvalue weighted by atomic mass is 35.5. The van der Waals surface area contributed by atoms with E-state index in [1.165, 1.54) is 5.56 Å². The Morgan fingerprint density at radius 3 is 2.43 bits per heavy atom. The summed E-state index contributed by atoms with van der Waals surface area (Å²) < 4.78 is 10.7. The maximum absolute atomic E-state index is 5.91. The zero-order valence-corrected chi connectivity index (χ0v) is 12.7. The van der Waals surface area contributed by atoms with Crippen LogP contribution in [-0.4, -0.2) is 19.2 Å². The molecule has 0 aliphatic carbocycles. The minimum Gasteiger partial charge on any atom is -0.497 e. The van der Waals surface area contributed by atoms with Crippen LogP contribution in [0.3, 0.4) is 0 Å². The molecule has 0 bridgehead atoms. The minimum atomic E-state index is 0.752. The molecule has 1 aromatic heterocycles. The van der Waals surface area contributed by atoms with Crippen LogP contribution < -0.4 is 9.47 Å². The first-order valence-corrected chi connectivity index (χ1v) is 7.05. The van der Waals surface area contributed by atoms with Gasteiger partial charge < -0.3 is 14.5 Å². The van der Waals surface area contributed by atoms with Gasteiger partial charge in [-0.05, 0) is 29.8 Å². The number of ether oxygens (including phenoxy) is 2. The molecule has 2 aromatic carbocycles. The van der Waals surface area contributed by atoms with E-state index in [0.717, 1.165) is 39.5 Å². The minimum absolute atomic E-state index is 0.752. The summed E-state index contributed by atoms with van der Waals surface area (Å²) in [7, 11) is 3.32. The van der Waals surface area contributed by atoms with E-state index in [1.54, 1.807) is 14.2 Å². The summed E-state index contributed by atoms with van der Waals surface area (Å²) in [6, 6.07) is 13.9. The smallest absolute Gasteiger partial charge is 0.146 e. The number of fused-ring (bicyclic) bond motifs is 1. The number of methoxy groups -OCH3 is 2. The van der Waals surface area contributed by atoms with Gasteiger partial charge in [-0.2, -0.15) is 0 Å². The second kappa shape index (κ2) is 5.70. The molecule has 0 atom stereocenters. The molecule has 0 unspecified atom stereocenters. The average molecular weight is 302 g/mol. The van der Waals surface area contributed by atoms with Crippen LogP contribution in [-0.2, 0) is 6.42 Å². The Labute approximate surface area is 128 Å². The van der Waals surface area contributed by atoms with E-state index in [4.69, 9.17) is 21.1 Å². The summed E-state index contributed by atoms with van der Waals surface area (Å²) in [5.74, 6) is 1.57. The molecule has 1 heterocycles. The molecule has 0 amide bonds. The average Bonchev–Trinajstić information content (AvgIpc) is 2.90. The standard InChI is InChI=1S/C17H16ClNO2/c1-20-15-9-12-8-14(19-17(12)16(10-15)21-2)7-11-3-5-13(18)6-4-11/h3-6,8-10,19H,7H2,1-2H3. The van der Waals surface area contributed by atoms with Gasteiger partial charge in [-0.1, -0.05) is 23.7 Å². The predicted octanol–water partition coefficient (Wildman–Crippen LogP) is 4.43. The summed E-state index contributed by atoms with van der Waals surface area (Å²) in [5, 5.41) is 1.83. The third-order valence-electron chi connectivity index (χ3n) is 3.48. The summed E-state index contributed by atoms with van der Waals surface area (Å²) in [5.41, 5.74) is 3.32. The van der Waals surface area contributed by atoms with Crippen molar-refractivity contribution in [3.8, 4) is 11.5 Å². The van der Waals surface area contributed by atoms with E-state index in [2.05, 4.69) is 11.1 Å². The number of rotatable bonds is 4. The lowest BCUT2D eigenvalue weighted by Gasteiger charge is -2.05. The molecule has 0 aliphatic heterocycles. The number of benzene rings is 2. The first-order valence-electron chi connectivity index (χ1n) is 6.67. The van der Waals surface area contributed by atoms with Crippen LogP contribution in [0.5, 0.6) is 11.5 Å². The molecule has 3 rings (SSSR count). The number of halogens is 1. The lowest BCUT2D eigenvalue weighted by atomic mass is 10.1. The Hall–Kier alpha value is -2.13. The lowest BCUT2D eigenvalue weighted by molar-refractivity contribution is 0.397. The summed E-state index contributed by atoms with van der Waals surface area (Å²) in [4.78, 5) is 3.42. The normalized spacial score (nSPS) is 10.8. The molecule has 0 saturated heterocycles. The van der Waals surface area contributed by atoms with Gasteiger partial charge in [0.2, 0.25) is 0 Å². The predicted molar refractivity (Wildman–Crippen MR) is 85.7 cm³/mol.